The number of halogens is 3. The molecule has 0 aliphatic carbocycles. The average Bonchev–Trinajstić information content (AvgIpc) is 2.68. The molecule has 108 valence electrons. The number of ether oxygens (including phenoxy) is 1. The normalized spacial score (nSPS) is 12.6. The van der Waals surface area contributed by atoms with Crippen molar-refractivity contribution in [2.24, 2.45) is 5.73 Å². The van der Waals surface area contributed by atoms with E-state index < -0.39 is 6.09 Å². The number of aromatic nitrogens is 2. The second-order valence-corrected chi connectivity index (χ2v) is 5.63. The number of fused-ring (bicyclic) bond motifs is 1. The molecule has 1 aromatic carbocycles. The summed E-state index contributed by atoms with van der Waals surface area (Å²) in [4.78, 5) is 15.0. The van der Waals surface area contributed by atoms with Gasteiger partial charge in [0.25, 0.3) is 0 Å². The van der Waals surface area contributed by atoms with Crippen molar-refractivity contribution < 1.29 is 9.53 Å². The predicted molar refractivity (Wildman–Crippen MR) is 79.6 cm³/mol. The number of primary amides is 1. The van der Waals surface area contributed by atoms with E-state index in [1.807, 2.05) is 4.57 Å². The number of rotatable bonds is 4. The molecular formula is C12H12Cl3N3O2. The minimum atomic E-state index is -0.823. The summed E-state index contributed by atoms with van der Waals surface area (Å²) in [5, 5.41) is 0.532. The van der Waals surface area contributed by atoms with Crippen molar-refractivity contribution >= 4 is 51.9 Å². The number of hydrogen-bond donors (Lipinski definition) is 1. The summed E-state index contributed by atoms with van der Waals surface area (Å²) in [5.74, 6) is 0.646. The molecule has 1 atom stereocenters. The molecule has 0 fully saturated rings. The van der Waals surface area contributed by atoms with Gasteiger partial charge < -0.3 is 15.0 Å². The van der Waals surface area contributed by atoms with Crippen LogP contribution in [0.2, 0.25) is 10.0 Å². The lowest BCUT2D eigenvalue weighted by Gasteiger charge is -2.10. The highest BCUT2D eigenvalue weighted by atomic mass is 35.5. The number of alkyl halides is 1. The number of carbonyl (C=O) groups excluding carboxylic acids is 1. The molecule has 0 aliphatic rings. The van der Waals surface area contributed by atoms with E-state index >= 15 is 0 Å². The third kappa shape index (κ3) is 3.11. The Morgan fingerprint density at radius 2 is 2.10 bits per heavy atom. The van der Waals surface area contributed by atoms with Crippen LogP contribution in [0.1, 0.15) is 18.1 Å². The van der Waals surface area contributed by atoms with Gasteiger partial charge in [0, 0.05) is 0 Å². The average molecular weight is 337 g/mol. The highest BCUT2D eigenvalue weighted by Gasteiger charge is 2.16. The van der Waals surface area contributed by atoms with Crippen molar-refractivity contribution in [2.75, 3.05) is 6.61 Å². The van der Waals surface area contributed by atoms with Gasteiger partial charge in [0.2, 0.25) is 0 Å². The van der Waals surface area contributed by atoms with Gasteiger partial charge in [-0.1, -0.05) is 23.2 Å². The van der Waals surface area contributed by atoms with Crippen LogP contribution in [-0.4, -0.2) is 22.3 Å². The number of amides is 1. The predicted octanol–water partition coefficient (Wildman–Crippen LogP) is 3.74. The topological polar surface area (TPSA) is 70.1 Å². The van der Waals surface area contributed by atoms with E-state index in [-0.39, 0.29) is 12.0 Å². The largest absolute Gasteiger partial charge is 0.448 e. The van der Waals surface area contributed by atoms with Crippen LogP contribution in [0.4, 0.5) is 4.79 Å². The van der Waals surface area contributed by atoms with Crippen LogP contribution in [0, 0.1) is 0 Å². The van der Waals surface area contributed by atoms with Crippen molar-refractivity contribution in [2.45, 2.75) is 18.8 Å². The van der Waals surface area contributed by atoms with Crippen LogP contribution in [0.3, 0.4) is 0 Å². The number of nitrogens with zero attached hydrogens (tertiary/aromatic N) is 2. The monoisotopic (exact) mass is 335 g/mol. The van der Waals surface area contributed by atoms with Crippen LogP contribution >= 0.6 is 34.8 Å². The molecule has 0 saturated carbocycles. The second-order valence-electron chi connectivity index (χ2n) is 4.16. The quantitative estimate of drug-likeness (QED) is 0.865. The van der Waals surface area contributed by atoms with Crippen molar-refractivity contribution in [1.82, 2.24) is 9.55 Å². The van der Waals surface area contributed by atoms with Crippen LogP contribution < -0.4 is 5.73 Å². The number of nitrogens with two attached hydrogens (primary N) is 1. The fourth-order valence-electron chi connectivity index (χ4n) is 1.91. The van der Waals surface area contributed by atoms with Gasteiger partial charge in [-0.3, -0.25) is 0 Å². The van der Waals surface area contributed by atoms with E-state index in [0.717, 1.165) is 5.52 Å². The maximum absolute atomic E-state index is 10.6. The zero-order valence-electron chi connectivity index (χ0n) is 10.6. The highest BCUT2D eigenvalue weighted by Crippen LogP contribution is 2.31. The Hall–Kier alpha value is -1.17. The van der Waals surface area contributed by atoms with Gasteiger partial charge in [-0.05, 0) is 19.1 Å². The zero-order chi connectivity index (χ0) is 14.9. The standard InChI is InChI=1S/C12H12Cl3N3O2/c1-6(13)11-17-9-4-7(14)8(15)5-10(9)18(11)2-3-20-12(16)19/h4-6H,2-3H2,1H3,(H2,16,19). The van der Waals surface area contributed by atoms with Crippen molar-refractivity contribution in [3.63, 3.8) is 0 Å². The van der Waals surface area contributed by atoms with Gasteiger partial charge in [0.15, 0.2) is 0 Å². The molecule has 1 aromatic heterocycles. The van der Waals surface area contributed by atoms with Crippen molar-refractivity contribution in [3.8, 4) is 0 Å². The molecule has 2 N–H and O–H groups in total. The second kappa shape index (κ2) is 6.08. The van der Waals surface area contributed by atoms with Gasteiger partial charge in [0.05, 0.1) is 33.0 Å². The minimum Gasteiger partial charge on any atom is -0.448 e. The zero-order valence-corrected chi connectivity index (χ0v) is 12.8. The lowest BCUT2D eigenvalue weighted by Crippen LogP contribution is -2.17. The Bertz CT molecular complexity index is 655. The Kier molecular flexibility index (Phi) is 4.62. The van der Waals surface area contributed by atoms with E-state index in [4.69, 9.17) is 45.3 Å². The smallest absolute Gasteiger partial charge is 0.404 e. The first-order valence-electron chi connectivity index (χ1n) is 5.81. The van der Waals surface area contributed by atoms with Crippen LogP contribution in [0.25, 0.3) is 11.0 Å². The SMILES string of the molecule is CC(Cl)c1nc2cc(Cl)c(Cl)cc2n1CCOC(N)=O. The summed E-state index contributed by atoms with van der Waals surface area (Å²) in [6.07, 6.45) is -0.823. The number of carbonyl (C=O) groups is 1. The molecular weight excluding hydrogens is 325 g/mol. The molecule has 2 rings (SSSR count). The molecule has 0 saturated heterocycles. The molecule has 1 heterocycles. The number of hydrogen-bond acceptors (Lipinski definition) is 3. The summed E-state index contributed by atoms with van der Waals surface area (Å²) >= 11 is 18.1. The summed E-state index contributed by atoms with van der Waals surface area (Å²) in [7, 11) is 0. The first-order chi connectivity index (χ1) is 9.40. The fraction of sp³-hybridized carbons (Fsp3) is 0.333. The molecule has 1 unspecified atom stereocenters. The van der Waals surface area contributed by atoms with E-state index in [1.165, 1.54) is 0 Å². The maximum atomic E-state index is 10.6. The van der Waals surface area contributed by atoms with Gasteiger partial charge in [-0.15, -0.1) is 11.6 Å². The first-order valence-corrected chi connectivity index (χ1v) is 7.01. The molecule has 8 heteroatoms. The molecule has 0 radical (unpaired) electrons. The Morgan fingerprint density at radius 1 is 1.45 bits per heavy atom. The lowest BCUT2D eigenvalue weighted by molar-refractivity contribution is 0.152. The molecule has 20 heavy (non-hydrogen) atoms. The highest BCUT2D eigenvalue weighted by molar-refractivity contribution is 6.42. The van der Waals surface area contributed by atoms with Gasteiger partial charge in [0.1, 0.15) is 12.4 Å². The molecule has 5 nitrogen and oxygen atoms in total. The fourth-order valence-corrected chi connectivity index (χ4v) is 2.40. The maximum Gasteiger partial charge on any atom is 0.404 e. The summed E-state index contributed by atoms with van der Waals surface area (Å²) in [6, 6.07) is 3.38. The van der Waals surface area contributed by atoms with Crippen molar-refractivity contribution in [1.29, 1.82) is 0 Å². The van der Waals surface area contributed by atoms with Gasteiger partial charge >= 0.3 is 6.09 Å². The van der Waals surface area contributed by atoms with Crippen LogP contribution in [0.15, 0.2) is 12.1 Å². The van der Waals surface area contributed by atoms with Gasteiger partial charge in [-0.25, -0.2) is 9.78 Å². The third-order valence-electron chi connectivity index (χ3n) is 2.73. The van der Waals surface area contributed by atoms with Crippen LogP contribution in [0.5, 0.6) is 0 Å². The van der Waals surface area contributed by atoms with Crippen LogP contribution in [-0.2, 0) is 11.3 Å². The Morgan fingerprint density at radius 3 is 2.70 bits per heavy atom. The lowest BCUT2D eigenvalue weighted by atomic mass is 10.3. The molecule has 0 spiro atoms. The molecule has 2 aromatic rings. The number of imidazole rings is 1. The summed E-state index contributed by atoms with van der Waals surface area (Å²) in [6.45, 7) is 2.30. The minimum absolute atomic E-state index is 0.123. The van der Waals surface area contributed by atoms with E-state index in [9.17, 15) is 4.79 Å². The van der Waals surface area contributed by atoms with E-state index in [2.05, 4.69) is 4.98 Å². The third-order valence-corrected chi connectivity index (χ3v) is 3.65. The van der Waals surface area contributed by atoms with Gasteiger partial charge in [-0.2, -0.15) is 0 Å². The summed E-state index contributed by atoms with van der Waals surface area (Å²) < 4.78 is 6.57. The Balaban J connectivity index is 2.45. The van der Waals surface area contributed by atoms with E-state index in [0.29, 0.717) is 27.9 Å². The summed E-state index contributed by atoms with van der Waals surface area (Å²) in [5.41, 5.74) is 6.39. The molecule has 1 amide bonds. The first kappa shape index (κ1) is 15.2. The molecule has 0 bridgehead atoms. The number of benzene rings is 1. The van der Waals surface area contributed by atoms with Crippen molar-refractivity contribution in [3.05, 3.63) is 28.0 Å². The van der Waals surface area contributed by atoms with E-state index in [1.54, 1.807) is 19.1 Å². The molecule has 0 aliphatic heterocycles. The Labute approximate surface area is 130 Å².